The Labute approximate surface area is 185 Å². The SMILES string of the molecule is CCCN1C(=O)N/C(=C/c2cc(Br)c(OCc3ccccc3C#N)c(Br)c2)C1=O. The average molecular weight is 519 g/mol. The van der Waals surface area contributed by atoms with E-state index in [1.807, 2.05) is 19.1 Å². The fraction of sp³-hybridized carbons (Fsp3) is 0.190. The smallest absolute Gasteiger partial charge is 0.329 e. The Bertz CT molecular complexity index is 1020. The van der Waals surface area contributed by atoms with Gasteiger partial charge in [-0.1, -0.05) is 25.1 Å². The van der Waals surface area contributed by atoms with Crippen molar-refractivity contribution in [3.8, 4) is 11.8 Å². The summed E-state index contributed by atoms with van der Waals surface area (Å²) in [5, 5.41) is 11.8. The van der Waals surface area contributed by atoms with Crippen LogP contribution in [-0.4, -0.2) is 23.4 Å². The number of hydrogen-bond acceptors (Lipinski definition) is 4. The minimum Gasteiger partial charge on any atom is -0.486 e. The van der Waals surface area contributed by atoms with Gasteiger partial charge in [-0.3, -0.25) is 9.69 Å². The largest absolute Gasteiger partial charge is 0.486 e. The zero-order chi connectivity index (χ0) is 21.0. The van der Waals surface area contributed by atoms with E-state index in [0.717, 1.165) is 11.1 Å². The minimum atomic E-state index is -0.405. The normalized spacial score (nSPS) is 14.8. The van der Waals surface area contributed by atoms with E-state index >= 15 is 0 Å². The van der Waals surface area contributed by atoms with Crippen LogP contribution in [0.4, 0.5) is 4.79 Å². The van der Waals surface area contributed by atoms with Gasteiger partial charge in [0.25, 0.3) is 5.91 Å². The van der Waals surface area contributed by atoms with Gasteiger partial charge in [-0.15, -0.1) is 0 Å². The first kappa shape index (κ1) is 21.1. The Morgan fingerprint density at radius 2 is 1.90 bits per heavy atom. The third kappa shape index (κ3) is 4.69. The van der Waals surface area contributed by atoms with Gasteiger partial charge in [-0.05, 0) is 68.1 Å². The third-order valence-electron chi connectivity index (χ3n) is 4.25. The molecule has 1 heterocycles. The fourth-order valence-electron chi connectivity index (χ4n) is 2.87. The number of nitrogens with one attached hydrogen (secondary N) is 1. The molecule has 8 heteroatoms. The van der Waals surface area contributed by atoms with Crippen molar-refractivity contribution < 1.29 is 14.3 Å². The summed E-state index contributed by atoms with van der Waals surface area (Å²) in [7, 11) is 0. The number of nitrogens with zero attached hydrogens (tertiary/aromatic N) is 2. The van der Waals surface area contributed by atoms with Crippen LogP contribution in [0.15, 0.2) is 51.0 Å². The molecule has 2 aromatic carbocycles. The Morgan fingerprint density at radius 3 is 2.55 bits per heavy atom. The van der Waals surface area contributed by atoms with Crippen molar-refractivity contribution in [3.63, 3.8) is 0 Å². The lowest BCUT2D eigenvalue weighted by atomic mass is 10.1. The molecule has 0 aliphatic carbocycles. The molecular weight excluding hydrogens is 502 g/mol. The van der Waals surface area contributed by atoms with Crippen molar-refractivity contribution in [1.82, 2.24) is 10.2 Å². The van der Waals surface area contributed by atoms with E-state index in [-0.39, 0.29) is 18.2 Å². The summed E-state index contributed by atoms with van der Waals surface area (Å²) >= 11 is 6.98. The number of urea groups is 1. The monoisotopic (exact) mass is 517 g/mol. The number of rotatable bonds is 6. The number of imide groups is 1. The van der Waals surface area contributed by atoms with Crippen LogP contribution in [-0.2, 0) is 11.4 Å². The fourth-order valence-corrected chi connectivity index (χ4v) is 4.32. The molecule has 0 atom stereocenters. The maximum atomic E-state index is 12.4. The zero-order valence-corrected chi connectivity index (χ0v) is 18.7. The molecule has 0 unspecified atom stereocenters. The van der Waals surface area contributed by atoms with Crippen LogP contribution in [0.2, 0.25) is 0 Å². The molecule has 0 aromatic heterocycles. The van der Waals surface area contributed by atoms with Crippen LogP contribution in [0, 0.1) is 11.3 Å². The quantitative estimate of drug-likeness (QED) is 0.432. The van der Waals surface area contributed by atoms with Crippen molar-refractivity contribution in [2.75, 3.05) is 6.54 Å². The Balaban J connectivity index is 1.80. The first-order valence-electron chi connectivity index (χ1n) is 8.89. The molecule has 2 aromatic rings. The van der Waals surface area contributed by atoms with Gasteiger partial charge in [-0.25, -0.2) is 4.79 Å². The molecule has 0 bridgehead atoms. The molecule has 1 aliphatic rings. The molecule has 1 fully saturated rings. The van der Waals surface area contributed by atoms with E-state index in [0.29, 0.717) is 33.2 Å². The van der Waals surface area contributed by atoms with Gasteiger partial charge in [0.1, 0.15) is 18.1 Å². The second-order valence-electron chi connectivity index (χ2n) is 6.32. The molecule has 6 nitrogen and oxygen atoms in total. The first-order chi connectivity index (χ1) is 13.9. The Morgan fingerprint density at radius 1 is 1.21 bits per heavy atom. The number of hydrogen-bond donors (Lipinski definition) is 1. The van der Waals surface area contributed by atoms with Crippen molar-refractivity contribution in [2.24, 2.45) is 0 Å². The van der Waals surface area contributed by atoms with Gasteiger partial charge in [0.2, 0.25) is 0 Å². The molecule has 1 aliphatic heterocycles. The lowest BCUT2D eigenvalue weighted by molar-refractivity contribution is -0.122. The number of amides is 3. The summed E-state index contributed by atoms with van der Waals surface area (Å²) in [6.45, 7) is 2.53. The van der Waals surface area contributed by atoms with E-state index in [1.165, 1.54) is 4.90 Å². The second kappa shape index (κ2) is 9.25. The van der Waals surface area contributed by atoms with E-state index in [2.05, 4.69) is 43.2 Å². The van der Waals surface area contributed by atoms with Crippen LogP contribution in [0.1, 0.15) is 30.0 Å². The summed E-state index contributed by atoms with van der Waals surface area (Å²) in [5.74, 6) is 0.242. The Kier molecular flexibility index (Phi) is 6.72. The number of benzene rings is 2. The number of nitriles is 1. The van der Waals surface area contributed by atoms with Crippen LogP contribution in [0.25, 0.3) is 6.08 Å². The molecule has 3 amide bonds. The van der Waals surface area contributed by atoms with Gasteiger partial charge in [0, 0.05) is 12.1 Å². The summed E-state index contributed by atoms with van der Waals surface area (Å²) in [6.07, 6.45) is 2.32. The lowest BCUT2D eigenvalue weighted by Gasteiger charge is -2.12. The lowest BCUT2D eigenvalue weighted by Crippen LogP contribution is -2.31. The van der Waals surface area contributed by atoms with E-state index in [9.17, 15) is 14.9 Å². The summed E-state index contributed by atoms with van der Waals surface area (Å²) in [6, 6.07) is 12.6. The number of carbonyl (C=O) groups excluding carboxylic acids is 2. The average Bonchev–Trinajstić information content (AvgIpc) is 2.95. The van der Waals surface area contributed by atoms with Gasteiger partial charge in [0.15, 0.2) is 0 Å². The van der Waals surface area contributed by atoms with Crippen molar-refractivity contribution in [2.45, 2.75) is 20.0 Å². The van der Waals surface area contributed by atoms with Crippen LogP contribution < -0.4 is 10.1 Å². The maximum Gasteiger partial charge on any atom is 0.329 e. The highest BCUT2D eigenvalue weighted by atomic mass is 79.9. The standard InChI is InChI=1S/C21H17Br2N3O3/c1-2-7-26-20(27)18(25-21(26)28)10-13-8-16(22)19(17(23)9-13)29-12-15-6-4-3-5-14(15)11-24/h3-6,8-10H,2,7,12H2,1H3,(H,25,28)/b18-10+. The Hall–Kier alpha value is -2.63. The van der Waals surface area contributed by atoms with Crippen LogP contribution >= 0.6 is 31.9 Å². The van der Waals surface area contributed by atoms with Crippen molar-refractivity contribution in [3.05, 3.63) is 67.7 Å². The molecule has 0 spiro atoms. The molecule has 0 radical (unpaired) electrons. The van der Waals surface area contributed by atoms with E-state index in [1.54, 1.807) is 30.3 Å². The predicted octanol–water partition coefficient (Wildman–Crippen LogP) is 4.96. The van der Waals surface area contributed by atoms with Crippen LogP contribution in [0.3, 0.4) is 0 Å². The van der Waals surface area contributed by atoms with E-state index in [4.69, 9.17) is 4.74 Å². The molecule has 3 rings (SSSR count). The highest BCUT2D eigenvalue weighted by molar-refractivity contribution is 9.11. The topological polar surface area (TPSA) is 82.4 Å². The van der Waals surface area contributed by atoms with Gasteiger partial charge >= 0.3 is 6.03 Å². The highest BCUT2D eigenvalue weighted by Gasteiger charge is 2.32. The number of ether oxygens (including phenoxy) is 1. The molecule has 148 valence electrons. The van der Waals surface area contributed by atoms with Gasteiger partial charge in [-0.2, -0.15) is 5.26 Å². The van der Waals surface area contributed by atoms with Gasteiger partial charge in [0.05, 0.1) is 20.6 Å². The molecule has 0 saturated carbocycles. The second-order valence-corrected chi connectivity index (χ2v) is 8.02. The van der Waals surface area contributed by atoms with E-state index < -0.39 is 6.03 Å². The summed E-state index contributed by atoms with van der Waals surface area (Å²) in [4.78, 5) is 25.5. The number of halogens is 2. The zero-order valence-electron chi connectivity index (χ0n) is 15.5. The molecule has 1 saturated heterocycles. The maximum absolute atomic E-state index is 12.4. The minimum absolute atomic E-state index is 0.235. The molecule has 1 N–H and O–H groups in total. The van der Waals surface area contributed by atoms with Crippen LogP contribution in [0.5, 0.6) is 5.75 Å². The third-order valence-corrected chi connectivity index (χ3v) is 5.43. The summed E-state index contributed by atoms with van der Waals surface area (Å²) in [5.41, 5.74) is 2.30. The van der Waals surface area contributed by atoms with Crippen molar-refractivity contribution >= 4 is 49.9 Å². The predicted molar refractivity (Wildman–Crippen MR) is 116 cm³/mol. The van der Waals surface area contributed by atoms with Gasteiger partial charge < -0.3 is 10.1 Å². The first-order valence-corrected chi connectivity index (χ1v) is 10.5. The summed E-state index contributed by atoms with van der Waals surface area (Å²) < 4.78 is 7.25. The molecular formula is C21H17Br2N3O3. The van der Waals surface area contributed by atoms with Crippen molar-refractivity contribution in [1.29, 1.82) is 5.26 Å². The molecule has 29 heavy (non-hydrogen) atoms. The highest BCUT2D eigenvalue weighted by Crippen LogP contribution is 2.36. The number of carbonyl (C=O) groups is 2.